The van der Waals surface area contributed by atoms with E-state index < -0.39 is 0 Å². The molecule has 0 radical (unpaired) electrons. The number of hydrogen-bond acceptors (Lipinski definition) is 5. The van der Waals surface area contributed by atoms with Gasteiger partial charge >= 0.3 is 0 Å². The summed E-state index contributed by atoms with van der Waals surface area (Å²) in [4.78, 5) is 22.4. The number of hydrogen-bond donors (Lipinski definition) is 1. The summed E-state index contributed by atoms with van der Waals surface area (Å²) < 4.78 is 5.67. The molecule has 1 fully saturated rings. The van der Waals surface area contributed by atoms with E-state index in [0.29, 0.717) is 19.2 Å². The maximum absolute atomic E-state index is 12.7. The van der Waals surface area contributed by atoms with Crippen molar-refractivity contribution in [2.24, 2.45) is 0 Å². The molecule has 1 amide bonds. The van der Waals surface area contributed by atoms with Gasteiger partial charge in [0.1, 0.15) is 5.75 Å². The Balaban J connectivity index is 1.73. The van der Waals surface area contributed by atoms with E-state index in [1.54, 1.807) is 24.5 Å². The second-order valence-corrected chi connectivity index (χ2v) is 5.95. The molecule has 2 N–H and O–H groups in total. The third-order valence-corrected chi connectivity index (χ3v) is 3.99. The molecule has 1 aromatic carbocycles. The first-order valence-corrected chi connectivity index (χ1v) is 8.44. The molecule has 0 unspecified atom stereocenters. The smallest absolute Gasteiger partial charge is 0.247 e. The Hall–Kier alpha value is -2.89. The van der Waals surface area contributed by atoms with Crippen molar-refractivity contribution in [3.8, 4) is 5.75 Å². The van der Waals surface area contributed by atoms with Crippen LogP contribution < -0.4 is 10.5 Å². The molecule has 3 rings (SSSR count). The molecule has 6 heteroatoms. The van der Waals surface area contributed by atoms with E-state index in [1.165, 1.54) is 0 Å². The van der Waals surface area contributed by atoms with Crippen LogP contribution in [0.3, 0.4) is 0 Å². The summed E-state index contributed by atoms with van der Waals surface area (Å²) in [6.07, 6.45) is 8.56. The molecule has 0 aliphatic heterocycles. The zero-order valence-corrected chi connectivity index (χ0v) is 14.3. The lowest BCUT2D eigenvalue weighted by molar-refractivity contribution is -0.127. The zero-order chi connectivity index (χ0) is 17.6. The van der Waals surface area contributed by atoms with E-state index in [0.717, 1.165) is 29.7 Å². The molecule has 2 aromatic rings. The van der Waals surface area contributed by atoms with Gasteiger partial charge in [0.25, 0.3) is 0 Å². The summed E-state index contributed by atoms with van der Waals surface area (Å²) in [6, 6.07) is 8.16. The molecule has 1 saturated carbocycles. The summed E-state index contributed by atoms with van der Waals surface area (Å²) in [5.74, 6) is 1.03. The molecule has 0 saturated heterocycles. The van der Waals surface area contributed by atoms with Crippen molar-refractivity contribution in [1.29, 1.82) is 0 Å². The summed E-state index contributed by atoms with van der Waals surface area (Å²) in [6.45, 7) is 3.10. The predicted octanol–water partition coefficient (Wildman–Crippen LogP) is 2.66. The van der Waals surface area contributed by atoms with Crippen LogP contribution >= 0.6 is 0 Å². The first kappa shape index (κ1) is 17.0. The van der Waals surface area contributed by atoms with Gasteiger partial charge in [0.15, 0.2) is 0 Å². The Morgan fingerprint density at radius 2 is 2.04 bits per heavy atom. The van der Waals surface area contributed by atoms with Gasteiger partial charge in [-0.05, 0) is 31.9 Å². The molecule has 6 nitrogen and oxygen atoms in total. The third kappa shape index (κ3) is 4.56. The summed E-state index contributed by atoms with van der Waals surface area (Å²) in [7, 11) is 0. The van der Waals surface area contributed by atoms with E-state index in [9.17, 15) is 4.79 Å². The molecule has 0 bridgehead atoms. The highest BCUT2D eigenvalue weighted by Gasteiger charge is 2.32. The molecule has 1 heterocycles. The monoisotopic (exact) mass is 338 g/mol. The number of carbonyl (C=O) groups is 1. The number of benzene rings is 1. The average Bonchev–Trinajstić information content (AvgIpc) is 3.45. The molecule has 1 aliphatic rings. The highest BCUT2D eigenvalue weighted by molar-refractivity contribution is 5.92. The van der Waals surface area contributed by atoms with Gasteiger partial charge in [-0.25, -0.2) is 9.97 Å². The normalized spacial score (nSPS) is 13.8. The van der Waals surface area contributed by atoms with Gasteiger partial charge in [0.05, 0.1) is 6.61 Å². The van der Waals surface area contributed by atoms with Gasteiger partial charge in [-0.15, -0.1) is 0 Å². The molecule has 1 aromatic heterocycles. The van der Waals surface area contributed by atoms with E-state index in [2.05, 4.69) is 9.97 Å². The van der Waals surface area contributed by atoms with Crippen molar-refractivity contribution in [1.82, 2.24) is 14.9 Å². The van der Waals surface area contributed by atoms with Gasteiger partial charge in [-0.2, -0.15) is 0 Å². The minimum absolute atomic E-state index is 0.0226. The Morgan fingerprint density at radius 1 is 1.32 bits per heavy atom. The fraction of sp³-hybridized carbons (Fsp3) is 0.316. The quantitative estimate of drug-likeness (QED) is 0.785. The van der Waals surface area contributed by atoms with E-state index >= 15 is 0 Å². The second kappa shape index (κ2) is 7.79. The lowest BCUT2D eigenvalue weighted by Gasteiger charge is -2.22. The number of nitrogens with two attached hydrogens (primary N) is 1. The van der Waals surface area contributed by atoms with Crippen LogP contribution in [0.5, 0.6) is 5.75 Å². The lowest BCUT2D eigenvalue weighted by Crippen LogP contribution is -2.31. The fourth-order valence-electron chi connectivity index (χ4n) is 2.58. The van der Waals surface area contributed by atoms with E-state index in [-0.39, 0.29) is 11.9 Å². The maximum Gasteiger partial charge on any atom is 0.247 e. The highest BCUT2D eigenvalue weighted by Crippen LogP contribution is 2.30. The van der Waals surface area contributed by atoms with E-state index in [4.69, 9.17) is 10.5 Å². The number of nitrogens with zero attached hydrogens (tertiary/aromatic N) is 3. The minimum atomic E-state index is -0.0226. The van der Waals surface area contributed by atoms with Crippen LogP contribution in [0, 0.1) is 0 Å². The Labute approximate surface area is 147 Å². The topological polar surface area (TPSA) is 81.3 Å². The summed E-state index contributed by atoms with van der Waals surface area (Å²) in [5, 5.41) is 0. The van der Waals surface area contributed by atoms with Crippen LogP contribution in [0.4, 0.5) is 5.95 Å². The van der Waals surface area contributed by atoms with Gasteiger partial charge < -0.3 is 15.4 Å². The lowest BCUT2D eigenvalue weighted by atomic mass is 10.1. The van der Waals surface area contributed by atoms with Crippen LogP contribution in [-0.4, -0.2) is 33.4 Å². The first-order chi connectivity index (χ1) is 12.2. The van der Waals surface area contributed by atoms with Crippen molar-refractivity contribution in [2.75, 3.05) is 12.3 Å². The highest BCUT2D eigenvalue weighted by atomic mass is 16.5. The molecule has 0 atom stereocenters. The molecular weight excluding hydrogens is 316 g/mol. The molecule has 1 aliphatic carbocycles. The maximum atomic E-state index is 12.7. The largest absolute Gasteiger partial charge is 0.494 e. The first-order valence-electron chi connectivity index (χ1n) is 8.44. The number of para-hydroxylation sites is 1. The number of aromatic nitrogens is 2. The van der Waals surface area contributed by atoms with Crippen molar-refractivity contribution in [3.05, 3.63) is 53.9 Å². The fourth-order valence-corrected chi connectivity index (χ4v) is 2.58. The second-order valence-electron chi connectivity index (χ2n) is 5.95. The van der Waals surface area contributed by atoms with Crippen LogP contribution in [0.25, 0.3) is 6.08 Å². The van der Waals surface area contributed by atoms with Gasteiger partial charge in [-0.3, -0.25) is 4.79 Å². The minimum Gasteiger partial charge on any atom is -0.494 e. The molecule has 130 valence electrons. The SMILES string of the molecule is CCOc1ccccc1CN(C(=O)/C=C/c1cnc(N)nc1)C1CC1. The zero-order valence-electron chi connectivity index (χ0n) is 14.3. The molecule has 0 spiro atoms. The standard InChI is InChI=1S/C19H22N4O2/c1-2-25-17-6-4-3-5-15(17)13-23(16-8-9-16)18(24)10-7-14-11-21-19(20)22-12-14/h3-7,10-12,16H,2,8-9,13H2,1H3,(H2,20,21,22)/b10-7+. The Morgan fingerprint density at radius 3 is 2.72 bits per heavy atom. The van der Waals surface area contributed by atoms with Crippen LogP contribution in [0.1, 0.15) is 30.9 Å². The predicted molar refractivity (Wildman–Crippen MR) is 96.7 cm³/mol. The Bertz CT molecular complexity index is 754. The number of rotatable bonds is 7. The summed E-state index contributed by atoms with van der Waals surface area (Å²) in [5.41, 5.74) is 7.24. The van der Waals surface area contributed by atoms with Gasteiger partial charge in [0, 0.05) is 42.2 Å². The van der Waals surface area contributed by atoms with Crippen molar-refractivity contribution in [2.45, 2.75) is 32.4 Å². The van der Waals surface area contributed by atoms with Crippen LogP contribution in [0.15, 0.2) is 42.7 Å². The molecular formula is C19H22N4O2. The van der Waals surface area contributed by atoms with E-state index in [1.807, 2.05) is 36.1 Å². The Kier molecular flexibility index (Phi) is 5.28. The van der Waals surface area contributed by atoms with Crippen molar-refractivity contribution >= 4 is 17.9 Å². The number of carbonyl (C=O) groups excluding carboxylic acids is 1. The number of anilines is 1. The van der Waals surface area contributed by atoms with Gasteiger partial charge in [-0.1, -0.05) is 18.2 Å². The van der Waals surface area contributed by atoms with Crippen LogP contribution in [-0.2, 0) is 11.3 Å². The van der Waals surface area contributed by atoms with Crippen molar-refractivity contribution < 1.29 is 9.53 Å². The molecule has 25 heavy (non-hydrogen) atoms. The third-order valence-electron chi connectivity index (χ3n) is 3.99. The van der Waals surface area contributed by atoms with Gasteiger partial charge in [0.2, 0.25) is 11.9 Å². The number of nitrogen functional groups attached to an aromatic ring is 1. The summed E-state index contributed by atoms with van der Waals surface area (Å²) >= 11 is 0. The van der Waals surface area contributed by atoms with Crippen LogP contribution in [0.2, 0.25) is 0 Å². The number of amides is 1. The van der Waals surface area contributed by atoms with Crippen molar-refractivity contribution in [3.63, 3.8) is 0 Å². The average molecular weight is 338 g/mol. The number of ether oxygens (including phenoxy) is 1.